The normalized spacial score (nSPS) is 9.76. The largest absolute Gasteiger partial charge is 0.261 e. The van der Waals surface area contributed by atoms with E-state index in [1.54, 1.807) is 12.4 Å². The lowest BCUT2D eigenvalue weighted by atomic mass is 10.1. The molecule has 0 aliphatic carbocycles. The summed E-state index contributed by atoms with van der Waals surface area (Å²) in [6.07, 6.45) is 19.5. The van der Waals surface area contributed by atoms with E-state index >= 15 is 0 Å². The van der Waals surface area contributed by atoms with Crippen molar-refractivity contribution < 1.29 is 0 Å². The number of fused-ring (bicyclic) bond motifs is 3. The zero-order valence-electron chi connectivity index (χ0n) is 21.3. The van der Waals surface area contributed by atoms with E-state index in [9.17, 15) is 0 Å². The lowest BCUT2D eigenvalue weighted by Crippen LogP contribution is -1.83. The van der Waals surface area contributed by atoms with Crippen LogP contribution in [0.25, 0.3) is 32.6 Å². The molecule has 3 aromatic heterocycles. The Bertz CT molecular complexity index is 1880. The zero-order valence-corrected chi connectivity index (χ0v) is 21.3. The molecule has 0 aliphatic heterocycles. The van der Waals surface area contributed by atoms with E-state index in [1.165, 1.54) is 5.39 Å². The van der Waals surface area contributed by atoms with Crippen molar-refractivity contribution in [2.75, 3.05) is 0 Å². The van der Waals surface area contributed by atoms with E-state index < -0.39 is 0 Å². The molecule has 0 amide bonds. The molecule has 0 radical (unpaired) electrons. The Hall–Kier alpha value is -5.43. The number of nitrogens with zero attached hydrogens (tertiary/aromatic N) is 3. The number of hydrogen-bond acceptors (Lipinski definition) is 3. The highest BCUT2D eigenvalue weighted by molar-refractivity contribution is 5.85. The second kappa shape index (κ2) is 12.0. The first-order valence-corrected chi connectivity index (χ1v) is 12.0. The van der Waals surface area contributed by atoms with E-state index in [1.807, 2.05) is 98.8 Å². The predicted molar refractivity (Wildman–Crippen MR) is 159 cm³/mol. The summed E-state index contributed by atoms with van der Waals surface area (Å²) >= 11 is 0. The van der Waals surface area contributed by atoms with Gasteiger partial charge in [-0.1, -0.05) is 36.0 Å². The smallest absolute Gasteiger partial charge is 0.0706 e. The monoisotopic (exact) mass is 487 g/mol. The van der Waals surface area contributed by atoms with Crippen molar-refractivity contribution in [3.8, 4) is 37.0 Å². The average molecular weight is 488 g/mol. The summed E-state index contributed by atoms with van der Waals surface area (Å²) in [6.45, 7) is 3.98. The first-order valence-electron chi connectivity index (χ1n) is 12.0. The van der Waals surface area contributed by atoms with Crippen molar-refractivity contribution >= 4 is 32.6 Å². The van der Waals surface area contributed by atoms with Crippen molar-refractivity contribution in [2.45, 2.75) is 13.8 Å². The maximum absolute atomic E-state index is 5.31. The molecule has 0 saturated carbocycles. The molecule has 3 heteroatoms. The van der Waals surface area contributed by atoms with Crippen LogP contribution in [-0.2, 0) is 0 Å². The van der Waals surface area contributed by atoms with Gasteiger partial charge in [-0.15, -0.1) is 19.3 Å². The van der Waals surface area contributed by atoms with Crippen LogP contribution in [0, 0.1) is 50.9 Å². The Morgan fingerprint density at radius 2 is 1.16 bits per heavy atom. The Labute approximate surface area is 223 Å². The van der Waals surface area contributed by atoms with E-state index in [2.05, 4.69) is 32.7 Å². The minimum atomic E-state index is 0.899. The van der Waals surface area contributed by atoms with E-state index in [0.717, 1.165) is 55.3 Å². The van der Waals surface area contributed by atoms with Crippen molar-refractivity contribution in [2.24, 2.45) is 0 Å². The summed E-state index contributed by atoms with van der Waals surface area (Å²) in [5.41, 5.74) is 6.77. The summed E-state index contributed by atoms with van der Waals surface area (Å²) in [5, 5.41) is 4.51. The van der Waals surface area contributed by atoms with Gasteiger partial charge in [-0.2, -0.15) is 0 Å². The Kier molecular flexibility index (Phi) is 8.11. The van der Waals surface area contributed by atoms with Crippen molar-refractivity contribution in [3.63, 3.8) is 0 Å². The Balaban J connectivity index is 0.000000133. The lowest BCUT2D eigenvalue weighted by Gasteiger charge is -2.00. The molecule has 6 rings (SSSR count). The van der Waals surface area contributed by atoms with Crippen LogP contribution in [-0.4, -0.2) is 15.0 Å². The van der Waals surface area contributed by atoms with Gasteiger partial charge in [-0.3, -0.25) is 15.0 Å². The predicted octanol–water partition coefficient (Wildman–Crippen LogP) is 7.27. The SMILES string of the molecule is C#Cc1ccc2c(C)nccc2c1.C#Cc1ccc2nc(C)ccc2c1.C#Cc1ccc2ncccc2c1. The molecule has 3 aromatic carbocycles. The number of aromatic nitrogens is 3. The van der Waals surface area contributed by atoms with Crippen LogP contribution in [0.5, 0.6) is 0 Å². The van der Waals surface area contributed by atoms with Gasteiger partial charge in [0.2, 0.25) is 0 Å². The fraction of sp³-hybridized carbons (Fsp3) is 0.0571. The molecule has 3 heterocycles. The standard InChI is InChI=1S/2C12H9N.C11H7N/c1-3-10-5-7-12-11(8-10)6-4-9(2)13-12;1-3-10-4-5-12-9(2)13-7-6-11(12)8-10;1-2-9-5-6-11-10(8-9)4-3-7-12-11/h2*1,4-8H,2H3;1,3-8H. The molecule has 6 aromatic rings. The summed E-state index contributed by atoms with van der Waals surface area (Å²) in [5.74, 6) is 7.82. The minimum Gasteiger partial charge on any atom is -0.261 e. The molecule has 0 aliphatic rings. The van der Waals surface area contributed by atoms with Gasteiger partial charge in [0.25, 0.3) is 0 Å². The van der Waals surface area contributed by atoms with Crippen molar-refractivity contribution in [1.82, 2.24) is 15.0 Å². The van der Waals surface area contributed by atoms with Gasteiger partial charge >= 0.3 is 0 Å². The molecule has 38 heavy (non-hydrogen) atoms. The maximum atomic E-state index is 5.31. The molecule has 180 valence electrons. The Morgan fingerprint density at radius 3 is 1.84 bits per heavy atom. The van der Waals surface area contributed by atoms with Gasteiger partial charge < -0.3 is 0 Å². The zero-order chi connectivity index (χ0) is 26.9. The van der Waals surface area contributed by atoms with Gasteiger partial charge in [0, 0.05) is 56.6 Å². The highest BCUT2D eigenvalue weighted by Gasteiger charge is 1.98. The van der Waals surface area contributed by atoms with Crippen LogP contribution in [0.3, 0.4) is 0 Å². The fourth-order valence-corrected chi connectivity index (χ4v) is 3.90. The first-order chi connectivity index (χ1) is 18.5. The average Bonchev–Trinajstić information content (AvgIpc) is 2.97. The van der Waals surface area contributed by atoms with Crippen molar-refractivity contribution in [3.05, 3.63) is 125 Å². The summed E-state index contributed by atoms with van der Waals surface area (Å²) < 4.78 is 0. The van der Waals surface area contributed by atoms with E-state index in [4.69, 9.17) is 19.3 Å². The van der Waals surface area contributed by atoms with Crippen LogP contribution in [0.15, 0.2) is 97.3 Å². The molecular weight excluding hydrogens is 462 g/mol. The third-order valence-electron chi connectivity index (χ3n) is 5.90. The summed E-state index contributed by atoms with van der Waals surface area (Å²) in [7, 11) is 0. The number of rotatable bonds is 0. The van der Waals surface area contributed by atoms with Gasteiger partial charge in [0.05, 0.1) is 11.0 Å². The fourth-order valence-electron chi connectivity index (χ4n) is 3.90. The van der Waals surface area contributed by atoms with Gasteiger partial charge in [-0.25, -0.2) is 0 Å². The molecule has 0 atom stereocenters. The van der Waals surface area contributed by atoms with Crippen molar-refractivity contribution in [1.29, 1.82) is 0 Å². The quantitative estimate of drug-likeness (QED) is 0.212. The van der Waals surface area contributed by atoms with Crippen LogP contribution in [0.2, 0.25) is 0 Å². The maximum Gasteiger partial charge on any atom is 0.0706 e. The van der Waals surface area contributed by atoms with Gasteiger partial charge in [0.1, 0.15) is 0 Å². The topological polar surface area (TPSA) is 38.7 Å². The highest BCUT2D eigenvalue weighted by Crippen LogP contribution is 2.17. The van der Waals surface area contributed by atoms with Gasteiger partial charge in [-0.05, 0) is 86.0 Å². The van der Waals surface area contributed by atoms with E-state index in [0.29, 0.717) is 0 Å². The number of aryl methyl sites for hydroxylation is 2. The third kappa shape index (κ3) is 6.22. The lowest BCUT2D eigenvalue weighted by molar-refractivity contribution is 1.24. The van der Waals surface area contributed by atoms with Gasteiger partial charge in [0.15, 0.2) is 0 Å². The molecule has 0 fully saturated rings. The van der Waals surface area contributed by atoms with E-state index in [-0.39, 0.29) is 0 Å². The molecule has 0 bridgehead atoms. The number of terminal acetylenes is 3. The Morgan fingerprint density at radius 1 is 0.553 bits per heavy atom. The van der Waals surface area contributed by atoms with Crippen LogP contribution < -0.4 is 0 Å². The van der Waals surface area contributed by atoms with Crippen LogP contribution in [0.4, 0.5) is 0 Å². The number of benzene rings is 3. The summed E-state index contributed by atoms with van der Waals surface area (Å²) in [4.78, 5) is 12.8. The van der Waals surface area contributed by atoms with Crippen LogP contribution in [0.1, 0.15) is 28.1 Å². The second-order valence-corrected chi connectivity index (χ2v) is 8.54. The number of pyridine rings is 3. The molecular formula is C35H25N3. The highest BCUT2D eigenvalue weighted by atomic mass is 14.7. The molecule has 0 saturated heterocycles. The second-order valence-electron chi connectivity index (χ2n) is 8.54. The molecule has 0 spiro atoms. The number of hydrogen-bond donors (Lipinski definition) is 0. The summed E-state index contributed by atoms with van der Waals surface area (Å²) in [6, 6.07) is 27.5. The third-order valence-corrected chi connectivity index (χ3v) is 5.90. The van der Waals surface area contributed by atoms with Crippen LogP contribution >= 0.6 is 0 Å². The minimum absolute atomic E-state index is 0.899. The molecule has 3 nitrogen and oxygen atoms in total. The molecule has 0 unspecified atom stereocenters. The molecule has 0 N–H and O–H groups in total. The first kappa shape index (κ1) is 25.7.